The average molecular weight is 465 g/mol. The highest BCUT2D eigenvalue weighted by atomic mass is 127. The maximum absolute atomic E-state index is 6.14. The lowest BCUT2D eigenvalue weighted by Crippen LogP contribution is -2.37. The minimum absolute atomic E-state index is 0. The lowest BCUT2D eigenvalue weighted by Gasteiger charge is -2.12. The first kappa shape index (κ1) is 20.2. The zero-order chi connectivity index (χ0) is 15.8. The molecule has 0 unspecified atom stereocenters. The molecule has 0 saturated carbocycles. The van der Waals surface area contributed by atoms with Crippen LogP contribution in [0.25, 0.3) is 0 Å². The van der Waals surface area contributed by atoms with Gasteiger partial charge in [-0.3, -0.25) is 4.99 Å². The number of nitrogens with one attached hydrogen (secondary N) is 2. The van der Waals surface area contributed by atoms with Crippen molar-refractivity contribution >= 4 is 52.9 Å². The first-order valence-electron chi connectivity index (χ1n) is 7.28. The van der Waals surface area contributed by atoms with Gasteiger partial charge in [0.05, 0.1) is 5.01 Å². The number of aryl methyl sites for hydroxylation is 2. The number of halogens is 2. The van der Waals surface area contributed by atoms with E-state index in [1.54, 1.807) is 18.4 Å². The second-order valence-electron chi connectivity index (χ2n) is 4.93. The Kier molecular flexibility index (Phi) is 9.50. The first-order valence-corrected chi connectivity index (χ1v) is 8.53. The molecule has 0 aliphatic carbocycles. The van der Waals surface area contributed by atoms with E-state index >= 15 is 0 Å². The third-order valence-electron chi connectivity index (χ3n) is 3.15. The number of hydrogen-bond donors (Lipinski definition) is 2. The van der Waals surface area contributed by atoms with Gasteiger partial charge in [-0.25, -0.2) is 4.98 Å². The molecule has 0 atom stereocenters. The van der Waals surface area contributed by atoms with Crippen molar-refractivity contribution in [2.75, 3.05) is 13.6 Å². The Labute approximate surface area is 163 Å². The molecule has 1 heterocycles. The third-order valence-corrected chi connectivity index (χ3v) is 4.55. The van der Waals surface area contributed by atoms with Crippen LogP contribution in [0.2, 0.25) is 5.02 Å². The fourth-order valence-electron chi connectivity index (χ4n) is 2.01. The minimum atomic E-state index is 0. The predicted octanol–water partition coefficient (Wildman–Crippen LogP) is 4.02. The second-order valence-corrected chi connectivity index (χ2v) is 6.28. The number of nitrogens with zero attached hydrogens (tertiary/aromatic N) is 2. The number of benzene rings is 1. The molecule has 2 rings (SSSR count). The molecule has 2 aromatic rings. The van der Waals surface area contributed by atoms with Crippen LogP contribution in [0.15, 0.2) is 34.6 Å². The highest BCUT2D eigenvalue weighted by Gasteiger charge is 2.02. The number of thiazole rings is 1. The topological polar surface area (TPSA) is 49.3 Å². The molecule has 0 aliphatic heterocycles. The van der Waals surface area contributed by atoms with E-state index < -0.39 is 0 Å². The Morgan fingerprint density at radius 1 is 1.30 bits per heavy atom. The van der Waals surface area contributed by atoms with Crippen molar-refractivity contribution in [3.8, 4) is 0 Å². The fraction of sp³-hybridized carbons (Fsp3) is 0.375. The summed E-state index contributed by atoms with van der Waals surface area (Å²) in [6.07, 6.45) is 2.02. The van der Waals surface area contributed by atoms with Gasteiger partial charge in [-0.05, 0) is 25.0 Å². The predicted molar refractivity (Wildman–Crippen MR) is 110 cm³/mol. The van der Waals surface area contributed by atoms with Crippen LogP contribution in [0.1, 0.15) is 22.7 Å². The zero-order valence-electron chi connectivity index (χ0n) is 13.3. The van der Waals surface area contributed by atoms with Crippen LogP contribution in [0.5, 0.6) is 0 Å². The molecule has 0 amide bonds. The van der Waals surface area contributed by atoms with E-state index in [0.717, 1.165) is 41.6 Å². The van der Waals surface area contributed by atoms with Crippen LogP contribution < -0.4 is 10.6 Å². The summed E-state index contributed by atoms with van der Waals surface area (Å²) in [6, 6.07) is 7.81. The van der Waals surface area contributed by atoms with Gasteiger partial charge in [-0.15, -0.1) is 35.3 Å². The highest BCUT2D eigenvalue weighted by molar-refractivity contribution is 14.0. The molecule has 0 radical (unpaired) electrons. The Balaban J connectivity index is 0.00000264. The van der Waals surface area contributed by atoms with Gasteiger partial charge in [0, 0.05) is 42.7 Å². The molecule has 2 N–H and O–H groups in total. The van der Waals surface area contributed by atoms with Gasteiger partial charge < -0.3 is 10.6 Å². The normalized spacial score (nSPS) is 11.0. The summed E-state index contributed by atoms with van der Waals surface area (Å²) >= 11 is 7.87. The summed E-state index contributed by atoms with van der Waals surface area (Å²) < 4.78 is 0. The van der Waals surface area contributed by atoms with Crippen LogP contribution in [-0.4, -0.2) is 24.5 Å². The van der Waals surface area contributed by atoms with Crippen molar-refractivity contribution in [1.82, 2.24) is 15.6 Å². The molecule has 4 nitrogen and oxygen atoms in total. The number of rotatable bonds is 6. The van der Waals surface area contributed by atoms with Gasteiger partial charge in [0.2, 0.25) is 0 Å². The maximum atomic E-state index is 6.14. The highest BCUT2D eigenvalue weighted by Crippen LogP contribution is 2.14. The molecule has 0 saturated heterocycles. The third kappa shape index (κ3) is 7.05. The first-order chi connectivity index (χ1) is 10.7. The quantitative estimate of drug-likeness (QED) is 0.294. The van der Waals surface area contributed by atoms with Gasteiger partial charge in [0.1, 0.15) is 0 Å². The van der Waals surface area contributed by atoms with Crippen molar-refractivity contribution in [1.29, 1.82) is 0 Å². The average Bonchev–Trinajstić information content (AvgIpc) is 2.93. The smallest absolute Gasteiger partial charge is 0.191 e. The molecule has 0 aliphatic rings. The summed E-state index contributed by atoms with van der Waals surface area (Å²) in [5.74, 6) is 0.787. The molecule has 126 valence electrons. The van der Waals surface area contributed by atoms with E-state index in [4.69, 9.17) is 11.6 Å². The van der Waals surface area contributed by atoms with E-state index in [9.17, 15) is 0 Å². The van der Waals surface area contributed by atoms with Crippen LogP contribution >= 0.6 is 46.9 Å². The second kappa shape index (κ2) is 10.8. The standard InChI is InChI=1S/C16H21ClN4S.HI/c1-12-11-22-15(21-12)8-5-9-19-16(18-2)20-10-13-6-3-4-7-14(13)17;/h3-4,6-7,11H,5,8-10H2,1-2H3,(H2,18,19,20);1H. The number of aliphatic imine (C=N–C) groups is 1. The van der Waals surface area contributed by atoms with E-state index in [1.165, 1.54) is 5.01 Å². The fourth-order valence-corrected chi connectivity index (χ4v) is 3.03. The number of hydrogen-bond acceptors (Lipinski definition) is 3. The SMILES string of the molecule is CN=C(NCCCc1nc(C)cs1)NCc1ccccc1Cl.I. The van der Waals surface area contributed by atoms with Gasteiger partial charge in [-0.2, -0.15) is 0 Å². The van der Waals surface area contributed by atoms with Crippen LogP contribution in [0.4, 0.5) is 0 Å². The Bertz CT molecular complexity index is 630. The van der Waals surface area contributed by atoms with Gasteiger partial charge in [0.15, 0.2) is 5.96 Å². The van der Waals surface area contributed by atoms with Gasteiger partial charge in [-0.1, -0.05) is 29.8 Å². The molecule has 7 heteroatoms. The zero-order valence-corrected chi connectivity index (χ0v) is 17.2. The monoisotopic (exact) mass is 464 g/mol. The van der Waals surface area contributed by atoms with Gasteiger partial charge >= 0.3 is 0 Å². The van der Waals surface area contributed by atoms with Crippen LogP contribution in [0, 0.1) is 6.92 Å². The molecule has 0 spiro atoms. The van der Waals surface area contributed by atoms with E-state index in [1.807, 2.05) is 31.2 Å². The number of aromatic nitrogens is 1. The molecule has 23 heavy (non-hydrogen) atoms. The summed E-state index contributed by atoms with van der Waals surface area (Å²) in [5.41, 5.74) is 2.16. The van der Waals surface area contributed by atoms with E-state index in [0.29, 0.717) is 6.54 Å². The largest absolute Gasteiger partial charge is 0.356 e. The van der Waals surface area contributed by atoms with Crippen molar-refractivity contribution in [3.05, 3.63) is 50.9 Å². The van der Waals surface area contributed by atoms with Crippen molar-refractivity contribution in [2.45, 2.75) is 26.3 Å². The van der Waals surface area contributed by atoms with Crippen molar-refractivity contribution in [3.63, 3.8) is 0 Å². The minimum Gasteiger partial charge on any atom is -0.356 e. The number of guanidine groups is 1. The molecular weight excluding hydrogens is 443 g/mol. The summed E-state index contributed by atoms with van der Waals surface area (Å²) in [6.45, 7) is 3.55. The van der Waals surface area contributed by atoms with E-state index in [-0.39, 0.29) is 24.0 Å². The van der Waals surface area contributed by atoms with Crippen molar-refractivity contribution in [2.24, 2.45) is 4.99 Å². The Hall–Kier alpha value is -0.860. The maximum Gasteiger partial charge on any atom is 0.191 e. The lowest BCUT2D eigenvalue weighted by atomic mass is 10.2. The molecular formula is C16H22ClIN4S. The van der Waals surface area contributed by atoms with Crippen LogP contribution in [-0.2, 0) is 13.0 Å². The molecule has 0 bridgehead atoms. The summed E-state index contributed by atoms with van der Waals surface area (Å²) in [4.78, 5) is 8.68. The summed E-state index contributed by atoms with van der Waals surface area (Å²) in [5, 5.41) is 10.6. The van der Waals surface area contributed by atoms with Gasteiger partial charge in [0.25, 0.3) is 0 Å². The lowest BCUT2D eigenvalue weighted by molar-refractivity contribution is 0.739. The molecule has 1 aromatic carbocycles. The van der Waals surface area contributed by atoms with E-state index in [2.05, 4.69) is 26.0 Å². The molecule has 1 aromatic heterocycles. The Morgan fingerprint density at radius 3 is 2.74 bits per heavy atom. The van der Waals surface area contributed by atoms with Crippen molar-refractivity contribution < 1.29 is 0 Å². The Morgan fingerprint density at radius 2 is 2.09 bits per heavy atom. The summed E-state index contributed by atoms with van der Waals surface area (Å²) in [7, 11) is 1.77. The molecule has 0 fully saturated rings. The van der Waals surface area contributed by atoms with Crippen LogP contribution in [0.3, 0.4) is 0 Å².